The van der Waals surface area contributed by atoms with Gasteiger partial charge in [0.15, 0.2) is 17.3 Å². The Bertz CT molecular complexity index is 1080. The number of rotatable bonds is 7. The number of ketones is 1. The third-order valence-corrected chi connectivity index (χ3v) is 4.56. The van der Waals surface area contributed by atoms with Gasteiger partial charge < -0.3 is 14.2 Å². The van der Waals surface area contributed by atoms with Crippen LogP contribution in [0.5, 0.6) is 17.2 Å². The Morgan fingerprint density at radius 3 is 2.23 bits per heavy atom. The van der Waals surface area contributed by atoms with Crippen LogP contribution in [0.2, 0.25) is 0 Å². The van der Waals surface area contributed by atoms with Crippen LogP contribution in [0.1, 0.15) is 31.8 Å². The molecule has 30 heavy (non-hydrogen) atoms. The fourth-order valence-electron chi connectivity index (χ4n) is 2.85. The van der Waals surface area contributed by atoms with Gasteiger partial charge in [-0.15, -0.1) is 0 Å². The van der Waals surface area contributed by atoms with Crippen LogP contribution in [-0.4, -0.2) is 26.0 Å². The number of hydrogen-bond acceptors (Lipinski definition) is 5. The molecule has 0 amide bonds. The number of esters is 1. The molecule has 0 atom stereocenters. The van der Waals surface area contributed by atoms with Crippen molar-refractivity contribution in [2.45, 2.75) is 6.92 Å². The average Bonchev–Trinajstić information content (AvgIpc) is 2.78. The maximum absolute atomic E-state index is 12.5. The topological polar surface area (TPSA) is 61.8 Å². The molecule has 0 N–H and O–H groups in total. The summed E-state index contributed by atoms with van der Waals surface area (Å²) in [4.78, 5) is 24.8. The normalized spacial score (nSPS) is 10.6. The third kappa shape index (κ3) is 4.94. The fraction of sp³-hybridized carbons (Fsp3) is 0.120. The molecule has 3 aromatic rings. The Balaban J connectivity index is 1.74. The first-order valence-electron chi connectivity index (χ1n) is 9.34. The number of ether oxygens (including phenoxy) is 3. The molecule has 5 nitrogen and oxygen atoms in total. The quantitative estimate of drug-likeness (QED) is 0.237. The molecule has 0 spiro atoms. The van der Waals surface area contributed by atoms with Gasteiger partial charge in [0.05, 0.1) is 19.8 Å². The van der Waals surface area contributed by atoms with Crippen molar-refractivity contribution in [1.82, 2.24) is 0 Å². The van der Waals surface area contributed by atoms with Crippen LogP contribution >= 0.6 is 0 Å². The molecule has 0 bridgehead atoms. The van der Waals surface area contributed by atoms with E-state index in [9.17, 15) is 9.59 Å². The molecule has 0 aliphatic carbocycles. The van der Waals surface area contributed by atoms with Crippen LogP contribution in [0.3, 0.4) is 0 Å². The van der Waals surface area contributed by atoms with E-state index in [1.165, 1.54) is 13.2 Å². The van der Waals surface area contributed by atoms with Gasteiger partial charge in [-0.05, 0) is 66.6 Å². The van der Waals surface area contributed by atoms with Gasteiger partial charge in [-0.1, -0.05) is 30.3 Å². The van der Waals surface area contributed by atoms with Crippen molar-refractivity contribution >= 4 is 17.8 Å². The van der Waals surface area contributed by atoms with Gasteiger partial charge in [0.2, 0.25) is 0 Å². The van der Waals surface area contributed by atoms with Gasteiger partial charge in [-0.25, -0.2) is 4.79 Å². The van der Waals surface area contributed by atoms with Crippen LogP contribution in [0.15, 0.2) is 72.8 Å². The predicted octanol–water partition coefficient (Wildman–Crippen LogP) is 5.13. The summed E-state index contributed by atoms with van der Waals surface area (Å²) in [5.74, 6) is 0.813. The minimum atomic E-state index is -0.454. The minimum Gasteiger partial charge on any atom is -0.497 e. The van der Waals surface area contributed by atoms with Gasteiger partial charge >= 0.3 is 5.97 Å². The summed E-state index contributed by atoms with van der Waals surface area (Å²) in [5.41, 5.74) is 2.62. The molecular weight excluding hydrogens is 380 g/mol. The van der Waals surface area contributed by atoms with E-state index in [1.54, 1.807) is 67.8 Å². The van der Waals surface area contributed by atoms with Crippen molar-refractivity contribution in [2.24, 2.45) is 0 Å². The number of carbonyl (C=O) groups is 2. The Morgan fingerprint density at radius 2 is 1.57 bits per heavy atom. The second kappa shape index (κ2) is 9.56. The van der Waals surface area contributed by atoms with Crippen molar-refractivity contribution in [2.75, 3.05) is 14.2 Å². The summed E-state index contributed by atoms with van der Waals surface area (Å²) in [5, 5.41) is 0. The summed E-state index contributed by atoms with van der Waals surface area (Å²) < 4.78 is 16.0. The fourth-order valence-corrected chi connectivity index (χ4v) is 2.85. The molecule has 0 unspecified atom stereocenters. The first kappa shape index (κ1) is 20.9. The van der Waals surface area contributed by atoms with Crippen molar-refractivity contribution in [3.05, 3.63) is 95.1 Å². The Labute approximate surface area is 175 Å². The summed E-state index contributed by atoms with van der Waals surface area (Å²) in [6, 6.07) is 19.2. The SMILES string of the molecule is COc1ccc(C(=O)C=Cc2ccc(OC(=O)c3ccccc3C)c(OC)c2)cc1. The smallest absolute Gasteiger partial charge is 0.343 e. The zero-order valence-electron chi connectivity index (χ0n) is 17.0. The highest BCUT2D eigenvalue weighted by molar-refractivity contribution is 6.06. The zero-order valence-corrected chi connectivity index (χ0v) is 17.0. The van der Waals surface area contributed by atoms with Gasteiger partial charge in [0.1, 0.15) is 5.75 Å². The highest BCUT2D eigenvalue weighted by Crippen LogP contribution is 2.29. The molecule has 0 aliphatic heterocycles. The van der Waals surface area contributed by atoms with E-state index in [0.717, 1.165) is 11.1 Å². The maximum Gasteiger partial charge on any atom is 0.343 e. The van der Waals surface area contributed by atoms with Crippen LogP contribution in [0, 0.1) is 6.92 Å². The molecule has 3 rings (SSSR count). The molecule has 0 heterocycles. The monoisotopic (exact) mass is 402 g/mol. The second-order valence-electron chi connectivity index (χ2n) is 6.54. The number of hydrogen-bond donors (Lipinski definition) is 0. The molecule has 0 radical (unpaired) electrons. The molecule has 0 saturated carbocycles. The second-order valence-corrected chi connectivity index (χ2v) is 6.54. The first-order valence-corrected chi connectivity index (χ1v) is 9.34. The van der Waals surface area contributed by atoms with E-state index in [1.807, 2.05) is 19.1 Å². The Kier molecular flexibility index (Phi) is 6.65. The van der Waals surface area contributed by atoms with Crippen LogP contribution < -0.4 is 14.2 Å². The highest BCUT2D eigenvalue weighted by Gasteiger charge is 2.14. The van der Waals surface area contributed by atoms with Gasteiger partial charge in [0, 0.05) is 5.56 Å². The number of methoxy groups -OCH3 is 2. The van der Waals surface area contributed by atoms with E-state index in [-0.39, 0.29) is 5.78 Å². The van der Waals surface area contributed by atoms with Gasteiger partial charge in [0.25, 0.3) is 0 Å². The molecular formula is C25H22O5. The number of carbonyl (C=O) groups excluding carboxylic acids is 2. The third-order valence-electron chi connectivity index (χ3n) is 4.56. The van der Waals surface area contributed by atoms with Crippen molar-refractivity contribution in [3.8, 4) is 17.2 Å². The van der Waals surface area contributed by atoms with Crippen molar-refractivity contribution in [1.29, 1.82) is 0 Å². The molecule has 152 valence electrons. The van der Waals surface area contributed by atoms with Gasteiger partial charge in [-0.2, -0.15) is 0 Å². The lowest BCUT2D eigenvalue weighted by atomic mass is 10.1. The average molecular weight is 402 g/mol. The zero-order chi connectivity index (χ0) is 21.5. The van der Waals surface area contributed by atoms with E-state index < -0.39 is 5.97 Å². The summed E-state index contributed by atoms with van der Waals surface area (Å²) in [7, 11) is 3.07. The predicted molar refractivity (Wildman–Crippen MR) is 115 cm³/mol. The van der Waals surface area contributed by atoms with E-state index in [4.69, 9.17) is 14.2 Å². The van der Waals surface area contributed by atoms with Crippen LogP contribution in [-0.2, 0) is 0 Å². The first-order chi connectivity index (χ1) is 14.5. The lowest BCUT2D eigenvalue weighted by molar-refractivity contribution is 0.0728. The molecule has 3 aromatic carbocycles. The highest BCUT2D eigenvalue weighted by atomic mass is 16.6. The van der Waals surface area contributed by atoms with Crippen molar-refractivity contribution < 1.29 is 23.8 Å². The largest absolute Gasteiger partial charge is 0.497 e. The number of benzene rings is 3. The standard InChI is InChI=1S/C25H22O5/c1-17-6-4-5-7-21(17)25(27)30-23-15-9-18(16-24(23)29-3)8-14-22(26)19-10-12-20(28-2)13-11-19/h4-16H,1-3H3. The molecule has 0 saturated heterocycles. The lowest BCUT2D eigenvalue weighted by Gasteiger charge is -2.11. The molecule has 0 fully saturated rings. The van der Waals surface area contributed by atoms with Crippen LogP contribution in [0.4, 0.5) is 0 Å². The minimum absolute atomic E-state index is 0.133. The molecule has 0 aromatic heterocycles. The van der Waals surface area contributed by atoms with E-state index in [2.05, 4.69) is 0 Å². The number of allylic oxidation sites excluding steroid dienone is 1. The lowest BCUT2D eigenvalue weighted by Crippen LogP contribution is -2.10. The van der Waals surface area contributed by atoms with Gasteiger partial charge in [-0.3, -0.25) is 4.79 Å². The number of aryl methyl sites for hydroxylation is 1. The van der Waals surface area contributed by atoms with E-state index in [0.29, 0.717) is 28.4 Å². The molecule has 5 heteroatoms. The summed E-state index contributed by atoms with van der Waals surface area (Å²) in [6.45, 7) is 1.85. The Hall–Kier alpha value is -3.86. The maximum atomic E-state index is 12.5. The summed E-state index contributed by atoms with van der Waals surface area (Å²) >= 11 is 0. The Morgan fingerprint density at radius 1 is 0.833 bits per heavy atom. The van der Waals surface area contributed by atoms with E-state index >= 15 is 0 Å². The van der Waals surface area contributed by atoms with Crippen LogP contribution in [0.25, 0.3) is 6.08 Å². The molecule has 0 aliphatic rings. The summed E-state index contributed by atoms with van der Waals surface area (Å²) in [6.07, 6.45) is 3.16. The van der Waals surface area contributed by atoms with Crippen molar-refractivity contribution in [3.63, 3.8) is 0 Å².